The van der Waals surface area contributed by atoms with Gasteiger partial charge in [0.25, 0.3) is 0 Å². The maximum absolute atomic E-state index is 11.3. The molecule has 2 aromatic rings. The van der Waals surface area contributed by atoms with Gasteiger partial charge in [0.1, 0.15) is 0 Å². The van der Waals surface area contributed by atoms with Gasteiger partial charge in [0.05, 0.1) is 12.5 Å². The van der Waals surface area contributed by atoms with Crippen molar-refractivity contribution in [3.05, 3.63) is 47.1 Å². The lowest BCUT2D eigenvalue weighted by molar-refractivity contribution is 0.244. The molecule has 0 saturated carbocycles. The number of nitrogens with zero attached hydrogens (tertiary/aromatic N) is 2. The molecule has 0 spiro atoms. The standard InChI is InChI=1S/C16H23N5O2/c1-10-5-4-6-12(7-10)13(19-16(17)22)9-15-20-14(21-23-15)8-11(2)18-3/h4-7,11,13,18H,8-9H2,1-3H3,(H3,17,19,22). The molecule has 0 aliphatic heterocycles. The van der Waals surface area contributed by atoms with Crippen molar-refractivity contribution in [2.24, 2.45) is 5.73 Å². The number of benzene rings is 1. The second-order valence-electron chi connectivity index (χ2n) is 5.68. The molecular weight excluding hydrogens is 294 g/mol. The normalized spacial score (nSPS) is 13.5. The van der Waals surface area contributed by atoms with E-state index in [0.717, 1.165) is 11.1 Å². The summed E-state index contributed by atoms with van der Waals surface area (Å²) in [6, 6.07) is 7.25. The summed E-state index contributed by atoms with van der Waals surface area (Å²) in [7, 11) is 1.89. The summed E-state index contributed by atoms with van der Waals surface area (Å²) in [5, 5.41) is 9.84. The van der Waals surface area contributed by atoms with E-state index in [1.165, 1.54) is 0 Å². The third-order valence-electron chi connectivity index (χ3n) is 3.63. The number of nitrogens with two attached hydrogens (primary N) is 1. The first-order valence-corrected chi connectivity index (χ1v) is 7.59. The van der Waals surface area contributed by atoms with Gasteiger partial charge in [-0.2, -0.15) is 4.98 Å². The van der Waals surface area contributed by atoms with Crippen LogP contribution in [0.3, 0.4) is 0 Å². The predicted molar refractivity (Wildman–Crippen MR) is 86.9 cm³/mol. The van der Waals surface area contributed by atoms with E-state index < -0.39 is 6.03 Å². The van der Waals surface area contributed by atoms with Crippen LogP contribution in [0.4, 0.5) is 4.79 Å². The molecule has 0 aliphatic carbocycles. The van der Waals surface area contributed by atoms with Gasteiger partial charge in [0.15, 0.2) is 5.82 Å². The summed E-state index contributed by atoms with van der Waals surface area (Å²) in [6.45, 7) is 4.04. The first kappa shape index (κ1) is 17.0. The number of rotatable bonds is 7. The number of urea groups is 1. The van der Waals surface area contributed by atoms with Crippen molar-refractivity contribution in [1.29, 1.82) is 0 Å². The number of primary amides is 1. The van der Waals surface area contributed by atoms with E-state index in [1.54, 1.807) is 0 Å². The molecule has 7 nitrogen and oxygen atoms in total. The highest BCUT2D eigenvalue weighted by atomic mass is 16.5. The lowest BCUT2D eigenvalue weighted by atomic mass is 10.0. The molecule has 2 unspecified atom stereocenters. The fraction of sp³-hybridized carbons (Fsp3) is 0.438. The zero-order valence-corrected chi connectivity index (χ0v) is 13.7. The zero-order valence-electron chi connectivity index (χ0n) is 13.7. The van der Waals surface area contributed by atoms with Crippen LogP contribution >= 0.6 is 0 Å². The second-order valence-corrected chi connectivity index (χ2v) is 5.68. The average Bonchev–Trinajstić information content (AvgIpc) is 2.93. The van der Waals surface area contributed by atoms with Crippen LogP contribution in [0.15, 0.2) is 28.8 Å². The summed E-state index contributed by atoms with van der Waals surface area (Å²) >= 11 is 0. The quantitative estimate of drug-likeness (QED) is 0.717. The largest absolute Gasteiger partial charge is 0.352 e. The predicted octanol–water partition coefficient (Wildman–Crippen LogP) is 1.48. The maximum atomic E-state index is 11.3. The third-order valence-corrected chi connectivity index (χ3v) is 3.63. The highest BCUT2D eigenvalue weighted by molar-refractivity contribution is 5.72. The van der Waals surface area contributed by atoms with Gasteiger partial charge in [0, 0.05) is 12.5 Å². The Labute approximate surface area is 135 Å². The van der Waals surface area contributed by atoms with Crippen LogP contribution in [0, 0.1) is 6.92 Å². The molecule has 1 heterocycles. The van der Waals surface area contributed by atoms with Crippen molar-refractivity contribution >= 4 is 6.03 Å². The van der Waals surface area contributed by atoms with Crippen LogP contribution in [-0.2, 0) is 12.8 Å². The van der Waals surface area contributed by atoms with Crippen LogP contribution in [0.25, 0.3) is 0 Å². The first-order chi connectivity index (χ1) is 11.0. The molecule has 0 radical (unpaired) electrons. The van der Waals surface area contributed by atoms with E-state index in [1.807, 2.05) is 45.2 Å². The number of amides is 2. The van der Waals surface area contributed by atoms with E-state index in [-0.39, 0.29) is 12.1 Å². The van der Waals surface area contributed by atoms with Crippen LogP contribution < -0.4 is 16.4 Å². The molecule has 0 bridgehead atoms. The number of carbonyl (C=O) groups excluding carboxylic acids is 1. The molecule has 23 heavy (non-hydrogen) atoms. The van der Waals surface area contributed by atoms with E-state index in [9.17, 15) is 4.79 Å². The molecule has 0 saturated heterocycles. The number of aryl methyl sites for hydroxylation is 1. The minimum Gasteiger partial charge on any atom is -0.352 e. The fourth-order valence-electron chi connectivity index (χ4n) is 2.32. The Bertz CT molecular complexity index is 655. The molecule has 124 valence electrons. The van der Waals surface area contributed by atoms with Gasteiger partial charge in [0.2, 0.25) is 5.89 Å². The highest BCUT2D eigenvalue weighted by Gasteiger charge is 2.18. The number of hydrogen-bond donors (Lipinski definition) is 3. The van der Waals surface area contributed by atoms with Crippen molar-refractivity contribution in [3.8, 4) is 0 Å². The number of hydrogen-bond acceptors (Lipinski definition) is 5. The number of carbonyl (C=O) groups is 1. The smallest absolute Gasteiger partial charge is 0.312 e. The molecule has 1 aromatic heterocycles. The lowest BCUT2D eigenvalue weighted by Crippen LogP contribution is -2.34. The molecule has 2 rings (SSSR count). The topological polar surface area (TPSA) is 106 Å². The molecule has 0 aliphatic rings. The van der Waals surface area contributed by atoms with Crippen molar-refractivity contribution in [2.75, 3.05) is 7.05 Å². The first-order valence-electron chi connectivity index (χ1n) is 7.59. The summed E-state index contributed by atoms with van der Waals surface area (Å²) in [4.78, 5) is 15.7. The lowest BCUT2D eigenvalue weighted by Gasteiger charge is -2.16. The van der Waals surface area contributed by atoms with Gasteiger partial charge in [-0.25, -0.2) is 4.79 Å². The fourth-order valence-corrected chi connectivity index (χ4v) is 2.32. The Morgan fingerprint density at radius 2 is 2.17 bits per heavy atom. The number of likely N-dealkylation sites (N-methyl/N-ethyl adjacent to an activating group) is 1. The number of aromatic nitrogens is 2. The molecule has 0 fully saturated rings. The van der Waals surface area contributed by atoms with Crippen LogP contribution in [0.5, 0.6) is 0 Å². The van der Waals surface area contributed by atoms with Crippen LogP contribution in [0.2, 0.25) is 0 Å². The monoisotopic (exact) mass is 317 g/mol. The van der Waals surface area contributed by atoms with Crippen LogP contribution in [-0.4, -0.2) is 29.3 Å². The Morgan fingerprint density at radius 1 is 1.39 bits per heavy atom. The van der Waals surface area contributed by atoms with Crippen molar-refractivity contribution in [2.45, 2.75) is 38.8 Å². The summed E-state index contributed by atoms with van der Waals surface area (Å²) in [5.74, 6) is 1.12. The SMILES string of the molecule is CNC(C)Cc1noc(CC(NC(N)=O)c2cccc(C)c2)n1. The summed E-state index contributed by atoms with van der Waals surface area (Å²) in [5.41, 5.74) is 7.34. The van der Waals surface area contributed by atoms with Gasteiger partial charge in [-0.15, -0.1) is 0 Å². The van der Waals surface area contributed by atoms with E-state index >= 15 is 0 Å². The Kier molecular flexibility index (Phi) is 5.70. The maximum Gasteiger partial charge on any atom is 0.312 e. The van der Waals surface area contributed by atoms with Gasteiger partial charge >= 0.3 is 6.03 Å². The Morgan fingerprint density at radius 3 is 2.83 bits per heavy atom. The molecular formula is C16H23N5O2. The third kappa shape index (κ3) is 5.07. The molecule has 4 N–H and O–H groups in total. The van der Waals surface area contributed by atoms with Crippen molar-refractivity contribution in [1.82, 2.24) is 20.8 Å². The summed E-state index contributed by atoms with van der Waals surface area (Å²) < 4.78 is 5.29. The molecule has 2 atom stereocenters. The molecule has 7 heteroatoms. The number of nitrogens with one attached hydrogen (secondary N) is 2. The van der Waals surface area contributed by atoms with E-state index in [0.29, 0.717) is 24.6 Å². The highest BCUT2D eigenvalue weighted by Crippen LogP contribution is 2.19. The molecule has 1 aromatic carbocycles. The summed E-state index contributed by atoms with van der Waals surface area (Å²) in [6.07, 6.45) is 1.08. The van der Waals surface area contributed by atoms with E-state index in [4.69, 9.17) is 10.3 Å². The van der Waals surface area contributed by atoms with Gasteiger partial charge in [-0.3, -0.25) is 0 Å². The van der Waals surface area contributed by atoms with E-state index in [2.05, 4.69) is 20.8 Å². The van der Waals surface area contributed by atoms with Crippen molar-refractivity contribution < 1.29 is 9.32 Å². The Balaban J connectivity index is 2.13. The van der Waals surface area contributed by atoms with Gasteiger partial charge in [-0.05, 0) is 26.5 Å². The zero-order chi connectivity index (χ0) is 16.8. The average molecular weight is 317 g/mol. The Hall–Kier alpha value is -2.41. The van der Waals surface area contributed by atoms with Crippen molar-refractivity contribution in [3.63, 3.8) is 0 Å². The van der Waals surface area contributed by atoms with Gasteiger partial charge in [-0.1, -0.05) is 35.0 Å². The molecule has 2 amide bonds. The second kappa shape index (κ2) is 7.73. The minimum atomic E-state index is -0.583. The van der Waals surface area contributed by atoms with Gasteiger partial charge < -0.3 is 20.9 Å². The van der Waals surface area contributed by atoms with Crippen LogP contribution in [0.1, 0.15) is 35.8 Å². The minimum absolute atomic E-state index is 0.261.